The number of nitrogens with one attached hydrogen (secondary N) is 1. The van der Waals surface area contributed by atoms with Crippen molar-refractivity contribution in [2.75, 3.05) is 18.0 Å². The second kappa shape index (κ2) is 7.18. The molecule has 0 spiro atoms. The summed E-state index contributed by atoms with van der Waals surface area (Å²) in [5, 5.41) is 3.03. The van der Waals surface area contributed by atoms with Crippen LogP contribution >= 0.6 is 0 Å². The first-order chi connectivity index (χ1) is 12.5. The van der Waals surface area contributed by atoms with Crippen LogP contribution in [0.15, 0.2) is 18.2 Å². The topological polar surface area (TPSA) is 41.6 Å². The molecule has 4 rings (SSSR count). The van der Waals surface area contributed by atoms with Gasteiger partial charge in [-0.25, -0.2) is 4.39 Å². The lowest BCUT2D eigenvalue weighted by Crippen LogP contribution is -2.45. The number of ether oxygens (including phenoxy) is 1. The highest BCUT2D eigenvalue weighted by molar-refractivity contribution is 5.79. The predicted molar refractivity (Wildman–Crippen MR) is 99.4 cm³/mol. The molecule has 1 N–H and O–H groups in total. The summed E-state index contributed by atoms with van der Waals surface area (Å²) in [5.74, 6) is 1.43. The zero-order valence-electron chi connectivity index (χ0n) is 15.7. The maximum Gasteiger partial charge on any atom is 0.223 e. The third-order valence-electron chi connectivity index (χ3n) is 6.31. The predicted octanol–water partition coefficient (Wildman–Crippen LogP) is 3.49. The van der Waals surface area contributed by atoms with Crippen LogP contribution in [0, 0.1) is 23.6 Å². The number of fused-ring (bicyclic) bond motifs is 2. The molecule has 3 aliphatic rings. The van der Waals surface area contributed by atoms with E-state index in [1.807, 2.05) is 30.9 Å². The Labute approximate surface area is 155 Å². The zero-order valence-corrected chi connectivity index (χ0v) is 15.7. The van der Waals surface area contributed by atoms with Gasteiger partial charge in [-0.2, -0.15) is 0 Å². The van der Waals surface area contributed by atoms with Gasteiger partial charge in [0.1, 0.15) is 5.82 Å². The van der Waals surface area contributed by atoms with Gasteiger partial charge in [-0.1, -0.05) is 12.5 Å². The minimum absolute atomic E-state index is 0.0962. The average molecular weight is 360 g/mol. The molecule has 1 saturated heterocycles. The molecule has 1 heterocycles. The summed E-state index contributed by atoms with van der Waals surface area (Å²) < 4.78 is 20.4. The molecule has 5 atom stereocenters. The van der Waals surface area contributed by atoms with Gasteiger partial charge in [-0.05, 0) is 62.6 Å². The van der Waals surface area contributed by atoms with Crippen molar-refractivity contribution in [2.45, 2.75) is 58.3 Å². The van der Waals surface area contributed by atoms with Crippen molar-refractivity contribution in [3.05, 3.63) is 29.6 Å². The van der Waals surface area contributed by atoms with Gasteiger partial charge in [0.25, 0.3) is 0 Å². The Hall–Kier alpha value is -1.62. The summed E-state index contributed by atoms with van der Waals surface area (Å²) in [6.45, 7) is 5.82. The number of anilines is 1. The van der Waals surface area contributed by atoms with E-state index in [9.17, 15) is 9.18 Å². The van der Waals surface area contributed by atoms with Gasteiger partial charge >= 0.3 is 0 Å². The summed E-state index contributed by atoms with van der Waals surface area (Å²) in [7, 11) is 0. The summed E-state index contributed by atoms with van der Waals surface area (Å²) >= 11 is 0. The van der Waals surface area contributed by atoms with E-state index in [1.165, 1.54) is 19.3 Å². The quantitative estimate of drug-likeness (QED) is 0.894. The summed E-state index contributed by atoms with van der Waals surface area (Å²) in [6, 6.07) is 5.31. The molecular weight excluding hydrogens is 331 g/mol. The van der Waals surface area contributed by atoms with Crippen LogP contribution in [-0.2, 0) is 16.1 Å². The average Bonchev–Trinajstić information content (AvgIpc) is 3.22. The van der Waals surface area contributed by atoms with Crippen molar-refractivity contribution >= 4 is 11.6 Å². The molecule has 0 radical (unpaired) electrons. The SMILES string of the molecule is C[C@@H]1CN(c2ccc(CNC(=O)[C@@H]3C[C@H]4CC[C@H]3C4)cc2F)C[C@H](C)O1. The van der Waals surface area contributed by atoms with Crippen molar-refractivity contribution in [1.29, 1.82) is 0 Å². The molecule has 1 aromatic carbocycles. The minimum atomic E-state index is -0.224. The Bertz CT molecular complexity index is 670. The van der Waals surface area contributed by atoms with Crippen LogP contribution in [0.3, 0.4) is 0 Å². The van der Waals surface area contributed by atoms with Crippen LogP contribution in [0.5, 0.6) is 0 Å². The Morgan fingerprint density at radius 1 is 1.23 bits per heavy atom. The Balaban J connectivity index is 1.36. The lowest BCUT2D eigenvalue weighted by Gasteiger charge is -2.37. The summed E-state index contributed by atoms with van der Waals surface area (Å²) in [5.41, 5.74) is 1.44. The van der Waals surface area contributed by atoms with E-state index in [0.717, 1.165) is 17.9 Å². The third kappa shape index (κ3) is 3.59. The maximum absolute atomic E-state index is 14.6. The number of hydrogen-bond acceptors (Lipinski definition) is 3. The fourth-order valence-electron chi connectivity index (χ4n) is 5.18. The monoisotopic (exact) mass is 360 g/mol. The Morgan fingerprint density at radius 2 is 2.00 bits per heavy atom. The van der Waals surface area contributed by atoms with Gasteiger partial charge in [-0.15, -0.1) is 0 Å². The van der Waals surface area contributed by atoms with E-state index in [0.29, 0.717) is 31.2 Å². The molecule has 1 aliphatic heterocycles. The van der Waals surface area contributed by atoms with Crippen molar-refractivity contribution in [1.82, 2.24) is 5.32 Å². The highest BCUT2D eigenvalue weighted by atomic mass is 19.1. The molecular formula is C21H29FN2O2. The fraction of sp³-hybridized carbons (Fsp3) is 0.667. The van der Waals surface area contributed by atoms with E-state index in [4.69, 9.17) is 4.74 Å². The number of amides is 1. The third-order valence-corrected chi connectivity index (χ3v) is 6.31. The largest absolute Gasteiger partial charge is 0.372 e. The van der Waals surface area contributed by atoms with Crippen LogP contribution in [-0.4, -0.2) is 31.2 Å². The molecule has 0 unspecified atom stereocenters. The first-order valence-electron chi connectivity index (χ1n) is 9.96. The first kappa shape index (κ1) is 17.8. The fourth-order valence-corrected chi connectivity index (χ4v) is 5.18. The van der Waals surface area contributed by atoms with E-state index in [2.05, 4.69) is 5.32 Å². The second-order valence-corrected chi connectivity index (χ2v) is 8.45. The number of benzene rings is 1. The van der Waals surface area contributed by atoms with Crippen molar-refractivity contribution in [3.63, 3.8) is 0 Å². The van der Waals surface area contributed by atoms with Gasteiger partial charge in [0.2, 0.25) is 5.91 Å². The molecule has 142 valence electrons. The van der Waals surface area contributed by atoms with Gasteiger partial charge in [0.15, 0.2) is 0 Å². The highest BCUT2D eigenvalue weighted by Crippen LogP contribution is 2.48. The molecule has 0 aromatic heterocycles. The van der Waals surface area contributed by atoms with E-state index in [1.54, 1.807) is 6.07 Å². The molecule has 2 saturated carbocycles. The number of nitrogens with zero attached hydrogens (tertiary/aromatic N) is 1. The van der Waals surface area contributed by atoms with Gasteiger partial charge in [0.05, 0.1) is 17.9 Å². The number of rotatable bonds is 4. The smallest absolute Gasteiger partial charge is 0.223 e. The molecule has 2 aliphatic carbocycles. The van der Waals surface area contributed by atoms with Crippen LogP contribution < -0.4 is 10.2 Å². The normalized spacial score (nSPS) is 33.5. The maximum atomic E-state index is 14.6. The number of halogens is 1. The van der Waals surface area contributed by atoms with Crippen molar-refractivity contribution in [2.24, 2.45) is 17.8 Å². The van der Waals surface area contributed by atoms with Crippen LogP contribution in [0.1, 0.15) is 45.1 Å². The summed E-state index contributed by atoms with van der Waals surface area (Å²) in [6.07, 6.45) is 4.94. The zero-order chi connectivity index (χ0) is 18.3. The van der Waals surface area contributed by atoms with Crippen LogP contribution in [0.2, 0.25) is 0 Å². The second-order valence-electron chi connectivity index (χ2n) is 8.45. The molecule has 3 fully saturated rings. The lowest BCUT2D eigenvalue weighted by molar-refractivity contribution is -0.126. The van der Waals surface area contributed by atoms with Crippen LogP contribution in [0.25, 0.3) is 0 Å². The number of hydrogen-bond donors (Lipinski definition) is 1. The van der Waals surface area contributed by atoms with Gasteiger partial charge in [-0.3, -0.25) is 4.79 Å². The van der Waals surface area contributed by atoms with Crippen molar-refractivity contribution < 1.29 is 13.9 Å². The Morgan fingerprint density at radius 3 is 2.62 bits per heavy atom. The van der Waals surface area contributed by atoms with E-state index >= 15 is 0 Å². The molecule has 26 heavy (non-hydrogen) atoms. The lowest BCUT2D eigenvalue weighted by atomic mass is 9.88. The van der Waals surface area contributed by atoms with Crippen molar-refractivity contribution in [3.8, 4) is 0 Å². The van der Waals surface area contributed by atoms with E-state index in [-0.39, 0.29) is 29.9 Å². The highest BCUT2D eigenvalue weighted by Gasteiger charge is 2.42. The molecule has 2 bridgehead atoms. The Kier molecular flexibility index (Phi) is 4.91. The molecule has 4 nitrogen and oxygen atoms in total. The molecule has 1 aromatic rings. The minimum Gasteiger partial charge on any atom is -0.372 e. The molecule has 1 amide bonds. The number of morpholine rings is 1. The van der Waals surface area contributed by atoms with Crippen LogP contribution in [0.4, 0.5) is 10.1 Å². The van der Waals surface area contributed by atoms with E-state index < -0.39 is 0 Å². The number of carbonyl (C=O) groups is 1. The first-order valence-corrected chi connectivity index (χ1v) is 9.96. The molecule has 5 heteroatoms. The number of carbonyl (C=O) groups excluding carboxylic acids is 1. The van der Waals surface area contributed by atoms with Gasteiger partial charge in [0, 0.05) is 25.6 Å². The standard InChI is InChI=1S/C21H29FN2O2/c1-13-11-24(12-14(2)26-13)20-6-4-16(9-19(20)22)10-23-21(25)18-8-15-3-5-17(18)7-15/h4,6,9,13-15,17-18H,3,5,7-8,10-12H2,1-2H3,(H,23,25)/t13-,14+,15-,17-,18+/m0/s1. The summed E-state index contributed by atoms with van der Waals surface area (Å²) in [4.78, 5) is 14.5. The van der Waals surface area contributed by atoms with Gasteiger partial charge < -0.3 is 15.0 Å².